The predicted octanol–water partition coefficient (Wildman–Crippen LogP) is 4.56. The molecule has 1 heterocycles. The van der Waals surface area contributed by atoms with E-state index >= 15 is 0 Å². The summed E-state index contributed by atoms with van der Waals surface area (Å²) in [6.07, 6.45) is 0. The predicted molar refractivity (Wildman–Crippen MR) is 128 cm³/mol. The van der Waals surface area contributed by atoms with Crippen molar-refractivity contribution in [3.05, 3.63) is 63.6 Å². The summed E-state index contributed by atoms with van der Waals surface area (Å²) < 4.78 is 16.8. The number of aliphatic hydroxyl groups excluding tert-OH is 1. The first kappa shape index (κ1) is 24.8. The van der Waals surface area contributed by atoms with Gasteiger partial charge in [0.1, 0.15) is 17.3 Å². The van der Waals surface area contributed by atoms with E-state index in [9.17, 15) is 14.7 Å². The second-order valence-corrected chi connectivity index (χ2v) is 8.96. The maximum Gasteiger partial charge on any atom is 0.295 e. The zero-order chi connectivity index (χ0) is 24.1. The summed E-state index contributed by atoms with van der Waals surface area (Å²) in [7, 11) is 3.07. The van der Waals surface area contributed by atoms with Gasteiger partial charge in [-0.1, -0.05) is 26.0 Å². The van der Waals surface area contributed by atoms with Gasteiger partial charge in [-0.3, -0.25) is 9.59 Å². The second kappa shape index (κ2) is 10.9. The number of benzene rings is 2. The Hall–Kier alpha value is -2.84. The van der Waals surface area contributed by atoms with Gasteiger partial charge in [-0.2, -0.15) is 0 Å². The first-order valence-electron chi connectivity index (χ1n) is 10.6. The molecule has 1 unspecified atom stereocenters. The molecule has 0 bridgehead atoms. The lowest BCUT2D eigenvalue weighted by molar-refractivity contribution is -0.140. The van der Waals surface area contributed by atoms with Gasteiger partial charge in [0, 0.05) is 19.2 Å². The van der Waals surface area contributed by atoms with Crippen LogP contribution in [0.25, 0.3) is 5.76 Å². The largest absolute Gasteiger partial charge is 0.507 e. The van der Waals surface area contributed by atoms with Crippen LogP contribution in [0.4, 0.5) is 0 Å². The van der Waals surface area contributed by atoms with Crippen LogP contribution in [-0.4, -0.2) is 55.7 Å². The Morgan fingerprint density at radius 1 is 1.12 bits per heavy atom. The topological polar surface area (TPSA) is 85.3 Å². The van der Waals surface area contributed by atoms with Crippen molar-refractivity contribution in [2.75, 3.05) is 34.0 Å². The van der Waals surface area contributed by atoms with Crippen LogP contribution in [0.5, 0.6) is 11.5 Å². The number of rotatable bonds is 9. The number of nitrogens with zero attached hydrogens (tertiary/aromatic N) is 1. The lowest BCUT2D eigenvalue weighted by Crippen LogP contribution is -2.32. The molecule has 2 aromatic carbocycles. The van der Waals surface area contributed by atoms with Crippen LogP contribution in [0.1, 0.15) is 31.0 Å². The lowest BCUT2D eigenvalue weighted by atomic mass is 9.95. The van der Waals surface area contributed by atoms with Crippen molar-refractivity contribution in [1.82, 2.24) is 4.90 Å². The molecule has 176 valence electrons. The minimum Gasteiger partial charge on any atom is -0.507 e. The van der Waals surface area contributed by atoms with E-state index in [2.05, 4.69) is 29.8 Å². The molecule has 1 aliphatic heterocycles. The number of Topliss-reactive ketones (excluding diaryl/α,β-unsaturated/α-hetero) is 1. The van der Waals surface area contributed by atoms with E-state index in [1.165, 1.54) is 19.1 Å². The first-order valence-corrected chi connectivity index (χ1v) is 11.4. The number of methoxy groups -OCH3 is 2. The minimum absolute atomic E-state index is 0.0315. The van der Waals surface area contributed by atoms with Gasteiger partial charge in [-0.25, -0.2) is 0 Å². The van der Waals surface area contributed by atoms with Crippen molar-refractivity contribution in [2.45, 2.75) is 19.9 Å². The zero-order valence-electron chi connectivity index (χ0n) is 19.1. The molecule has 7 nitrogen and oxygen atoms in total. The van der Waals surface area contributed by atoms with Crippen LogP contribution in [-0.2, 0) is 14.3 Å². The lowest BCUT2D eigenvalue weighted by Gasteiger charge is -2.25. The first-order chi connectivity index (χ1) is 15.8. The summed E-state index contributed by atoms with van der Waals surface area (Å²) in [6, 6.07) is 11.4. The number of hydrogen-bond donors (Lipinski definition) is 1. The van der Waals surface area contributed by atoms with E-state index in [1.807, 2.05) is 12.1 Å². The third-order valence-corrected chi connectivity index (χ3v) is 5.90. The highest BCUT2D eigenvalue weighted by Gasteiger charge is 2.45. The maximum absolute atomic E-state index is 13.0. The number of amides is 1. The maximum atomic E-state index is 13.0. The molecule has 1 saturated heterocycles. The van der Waals surface area contributed by atoms with Crippen molar-refractivity contribution in [1.29, 1.82) is 0 Å². The van der Waals surface area contributed by atoms with Gasteiger partial charge in [0.2, 0.25) is 0 Å². The van der Waals surface area contributed by atoms with Crippen LogP contribution in [0.3, 0.4) is 0 Å². The quantitative estimate of drug-likeness (QED) is 0.298. The number of carbonyl (C=O) groups excluding carboxylic acids is 2. The van der Waals surface area contributed by atoms with Crippen molar-refractivity contribution < 1.29 is 28.9 Å². The highest BCUT2D eigenvalue weighted by atomic mass is 79.9. The highest BCUT2D eigenvalue weighted by molar-refractivity contribution is 9.10. The van der Waals surface area contributed by atoms with Gasteiger partial charge in [0.25, 0.3) is 11.7 Å². The van der Waals surface area contributed by atoms with E-state index < -0.39 is 17.7 Å². The Bertz CT molecular complexity index is 1050. The summed E-state index contributed by atoms with van der Waals surface area (Å²) >= 11 is 3.40. The van der Waals surface area contributed by atoms with Crippen molar-refractivity contribution in [2.24, 2.45) is 5.92 Å². The fourth-order valence-corrected chi connectivity index (χ4v) is 4.17. The highest BCUT2D eigenvalue weighted by Crippen LogP contribution is 2.40. The van der Waals surface area contributed by atoms with Gasteiger partial charge in [0.15, 0.2) is 0 Å². The number of ether oxygens (including phenoxy) is 3. The SMILES string of the molecule is COCCN1C(=O)C(=O)/C(=C(\O)c2ccc(OC)c(Br)c2)C1c1ccc(OCC(C)C)cc1. The molecule has 0 saturated carbocycles. The van der Waals surface area contributed by atoms with Gasteiger partial charge >= 0.3 is 0 Å². The summed E-state index contributed by atoms with van der Waals surface area (Å²) in [4.78, 5) is 27.3. The molecule has 3 rings (SSSR count). The Kier molecular flexibility index (Phi) is 8.15. The molecule has 1 atom stereocenters. The molecule has 33 heavy (non-hydrogen) atoms. The molecule has 1 aliphatic rings. The number of hydrogen-bond acceptors (Lipinski definition) is 6. The van der Waals surface area contributed by atoms with Crippen LogP contribution in [0, 0.1) is 5.92 Å². The monoisotopic (exact) mass is 517 g/mol. The molecule has 8 heteroatoms. The number of aliphatic hydroxyl groups is 1. The molecule has 2 aromatic rings. The Balaban J connectivity index is 2.06. The summed E-state index contributed by atoms with van der Waals surface area (Å²) in [5.41, 5.74) is 1.12. The van der Waals surface area contributed by atoms with Gasteiger partial charge in [-0.15, -0.1) is 0 Å². The van der Waals surface area contributed by atoms with Crippen LogP contribution in [0.15, 0.2) is 52.5 Å². The standard InChI is InChI=1S/C25H28BrNO6/c1-15(2)14-33-18-8-5-16(6-9-18)22-21(24(29)25(30)27(22)11-12-31-3)23(28)17-7-10-20(32-4)19(26)13-17/h5-10,13,15,22,28H,11-12,14H2,1-4H3/b23-21-. The van der Waals surface area contributed by atoms with E-state index in [-0.39, 0.29) is 24.5 Å². The molecule has 0 spiro atoms. The Labute approximate surface area is 202 Å². The van der Waals surface area contributed by atoms with Crippen LogP contribution in [0.2, 0.25) is 0 Å². The summed E-state index contributed by atoms with van der Waals surface area (Å²) in [5.74, 6) is 0.00402. The molecule has 1 fully saturated rings. The van der Waals surface area contributed by atoms with Gasteiger partial charge in [0.05, 0.1) is 36.4 Å². The van der Waals surface area contributed by atoms with Gasteiger partial charge in [-0.05, 0) is 57.7 Å². The van der Waals surface area contributed by atoms with Crippen molar-refractivity contribution >= 4 is 33.4 Å². The van der Waals surface area contributed by atoms with E-state index in [0.29, 0.717) is 39.6 Å². The Morgan fingerprint density at radius 3 is 2.39 bits per heavy atom. The van der Waals surface area contributed by atoms with Crippen LogP contribution >= 0.6 is 15.9 Å². The van der Waals surface area contributed by atoms with Crippen molar-refractivity contribution in [3.63, 3.8) is 0 Å². The molecular formula is C25H28BrNO6. The molecule has 1 N–H and O–H groups in total. The molecule has 0 radical (unpaired) electrons. The third-order valence-electron chi connectivity index (χ3n) is 5.28. The summed E-state index contributed by atoms with van der Waals surface area (Å²) in [6.45, 7) is 5.18. The van der Waals surface area contributed by atoms with E-state index in [0.717, 1.165) is 0 Å². The van der Waals surface area contributed by atoms with E-state index in [1.54, 1.807) is 30.3 Å². The average Bonchev–Trinajstić information content (AvgIpc) is 3.06. The second-order valence-electron chi connectivity index (χ2n) is 8.11. The normalized spacial score (nSPS) is 17.6. The number of halogens is 1. The summed E-state index contributed by atoms with van der Waals surface area (Å²) in [5, 5.41) is 11.1. The fourth-order valence-electron chi connectivity index (χ4n) is 3.63. The molecule has 0 aromatic heterocycles. The zero-order valence-corrected chi connectivity index (χ0v) is 20.7. The average molecular weight is 518 g/mol. The number of likely N-dealkylation sites (tertiary alicyclic amines) is 1. The smallest absolute Gasteiger partial charge is 0.295 e. The number of ketones is 1. The molecular weight excluding hydrogens is 490 g/mol. The fraction of sp³-hybridized carbons (Fsp3) is 0.360. The third kappa shape index (κ3) is 5.39. The van der Waals surface area contributed by atoms with Crippen LogP contribution < -0.4 is 9.47 Å². The van der Waals surface area contributed by atoms with E-state index in [4.69, 9.17) is 14.2 Å². The van der Waals surface area contributed by atoms with Gasteiger partial charge < -0.3 is 24.2 Å². The number of carbonyl (C=O) groups is 2. The Morgan fingerprint density at radius 2 is 1.82 bits per heavy atom. The minimum atomic E-state index is -0.750. The molecule has 0 aliphatic carbocycles. The van der Waals surface area contributed by atoms with Crippen molar-refractivity contribution in [3.8, 4) is 11.5 Å². The molecule has 1 amide bonds.